The van der Waals surface area contributed by atoms with Gasteiger partial charge in [0.15, 0.2) is 0 Å². The summed E-state index contributed by atoms with van der Waals surface area (Å²) in [4.78, 5) is 39.1. The fourth-order valence-corrected chi connectivity index (χ4v) is 3.71. The number of nitrogens with one attached hydrogen (secondary N) is 2. The smallest absolute Gasteiger partial charge is 0.253 e. The van der Waals surface area contributed by atoms with E-state index in [1.165, 1.54) is 0 Å². The molecule has 30 heavy (non-hydrogen) atoms. The predicted molar refractivity (Wildman–Crippen MR) is 115 cm³/mol. The molecule has 7 heteroatoms. The highest BCUT2D eigenvalue weighted by molar-refractivity contribution is 5.97. The molecule has 0 aliphatic carbocycles. The Hall–Kier alpha value is -2.41. The quantitative estimate of drug-likeness (QED) is 0.774. The number of amides is 3. The number of carbonyl (C=O) groups excluding carboxylic acids is 3. The van der Waals surface area contributed by atoms with Crippen LogP contribution in [-0.2, 0) is 14.3 Å². The Balaban J connectivity index is 1.46. The fraction of sp³-hybridized carbons (Fsp3) is 0.609. The van der Waals surface area contributed by atoms with E-state index in [9.17, 15) is 14.4 Å². The summed E-state index contributed by atoms with van der Waals surface area (Å²) in [5, 5.41) is 5.86. The average Bonchev–Trinajstić information content (AvgIpc) is 3.25. The van der Waals surface area contributed by atoms with Gasteiger partial charge in [0.25, 0.3) is 5.91 Å². The zero-order valence-corrected chi connectivity index (χ0v) is 18.2. The minimum Gasteiger partial charge on any atom is -0.376 e. The Morgan fingerprint density at radius 1 is 1.07 bits per heavy atom. The number of anilines is 1. The zero-order valence-electron chi connectivity index (χ0n) is 18.2. The molecular formula is C23H33N3O4. The van der Waals surface area contributed by atoms with Gasteiger partial charge < -0.3 is 20.3 Å². The molecule has 0 radical (unpaired) electrons. The number of benzene rings is 1. The second-order valence-corrected chi connectivity index (χ2v) is 9.23. The molecule has 2 N–H and O–H groups in total. The number of hydrogen-bond donors (Lipinski definition) is 2. The van der Waals surface area contributed by atoms with Crippen LogP contribution in [0.15, 0.2) is 24.3 Å². The molecule has 1 aromatic carbocycles. The van der Waals surface area contributed by atoms with Gasteiger partial charge in [-0.25, -0.2) is 0 Å². The van der Waals surface area contributed by atoms with Crippen molar-refractivity contribution < 1.29 is 19.1 Å². The lowest BCUT2D eigenvalue weighted by Crippen LogP contribution is -2.44. The normalized spacial score (nSPS) is 20.1. The highest BCUT2D eigenvalue weighted by atomic mass is 16.5. The van der Waals surface area contributed by atoms with Crippen molar-refractivity contribution in [2.24, 2.45) is 11.3 Å². The molecule has 0 saturated carbocycles. The van der Waals surface area contributed by atoms with Crippen molar-refractivity contribution in [2.45, 2.75) is 52.6 Å². The van der Waals surface area contributed by atoms with Crippen LogP contribution in [0, 0.1) is 11.3 Å². The van der Waals surface area contributed by atoms with Crippen LogP contribution in [0.4, 0.5) is 5.69 Å². The van der Waals surface area contributed by atoms with Gasteiger partial charge in [-0.1, -0.05) is 20.8 Å². The van der Waals surface area contributed by atoms with E-state index < -0.39 is 5.41 Å². The van der Waals surface area contributed by atoms with E-state index in [1.54, 1.807) is 29.2 Å². The first-order chi connectivity index (χ1) is 14.2. The van der Waals surface area contributed by atoms with Crippen molar-refractivity contribution in [1.82, 2.24) is 10.2 Å². The van der Waals surface area contributed by atoms with Gasteiger partial charge in [0.1, 0.15) is 0 Å². The van der Waals surface area contributed by atoms with E-state index in [0.29, 0.717) is 43.7 Å². The first-order valence-electron chi connectivity index (χ1n) is 10.8. The molecule has 2 fully saturated rings. The Kier molecular flexibility index (Phi) is 7.13. The van der Waals surface area contributed by atoms with Crippen LogP contribution in [0.3, 0.4) is 0 Å². The van der Waals surface area contributed by atoms with Gasteiger partial charge in [-0.2, -0.15) is 0 Å². The third-order valence-electron chi connectivity index (χ3n) is 5.75. The van der Waals surface area contributed by atoms with Crippen molar-refractivity contribution >= 4 is 23.4 Å². The summed E-state index contributed by atoms with van der Waals surface area (Å²) in [5.74, 6) is -0.0923. The van der Waals surface area contributed by atoms with E-state index in [1.807, 2.05) is 20.8 Å². The standard InChI is InChI=1S/C23H33N3O4/c1-23(2,3)22(29)25-18-8-6-17(7-9-18)21(28)26-12-10-16(11-13-26)20(27)24-15-19-5-4-14-30-19/h6-9,16,19H,4-5,10-15H2,1-3H3,(H,24,27)(H,25,29). The number of hydrogen-bond acceptors (Lipinski definition) is 4. The monoisotopic (exact) mass is 415 g/mol. The topological polar surface area (TPSA) is 87.7 Å². The van der Waals surface area contributed by atoms with Crippen molar-refractivity contribution in [1.29, 1.82) is 0 Å². The number of likely N-dealkylation sites (tertiary alicyclic amines) is 1. The van der Waals surface area contributed by atoms with Crippen LogP contribution < -0.4 is 10.6 Å². The Bertz CT molecular complexity index is 756. The third-order valence-corrected chi connectivity index (χ3v) is 5.75. The van der Waals surface area contributed by atoms with Gasteiger partial charge in [0.2, 0.25) is 11.8 Å². The van der Waals surface area contributed by atoms with Gasteiger partial charge in [-0.3, -0.25) is 14.4 Å². The Labute approximate surface area is 178 Å². The zero-order chi connectivity index (χ0) is 21.7. The second kappa shape index (κ2) is 9.60. The molecule has 0 aromatic heterocycles. The minimum atomic E-state index is -0.477. The first kappa shape index (κ1) is 22.3. The molecule has 1 unspecified atom stereocenters. The summed E-state index contributed by atoms with van der Waals surface area (Å²) in [7, 11) is 0. The van der Waals surface area contributed by atoms with Gasteiger partial charge >= 0.3 is 0 Å². The van der Waals surface area contributed by atoms with Crippen molar-refractivity contribution in [2.75, 3.05) is 31.6 Å². The van der Waals surface area contributed by atoms with Crippen molar-refractivity contribution in [3.63, 3.8) is 0 Å². The van der Waals surface area contributed by atoms with Crippen LogP contribution >= 0.6 is 0 Å². The summed E-state index contributed by atoms with van der Waals surface area (Å²) in [6.45, 7) is 8.06. The van der Waals surface area contributed by atoms with E-state index in [4.69, 9.17) is 4.74 Å². The maximum Gasteiger partial charge on any atom is 0.253 e. The van der Waals surface area contributed by atoms with Gasteiger partial charge in [-0.05, 0) is 49.9 Å². The molecule has 3 rings (SSSR count). The largest absolute Gasteiger partial charge is 0.376 e. The number of piperidine rings is 1. The van der Waals surface area contributed by atoms with Gasteiger partial charge in [-0.15, -0.1) is 0 Å². The molecule has 2 aliphatic rings. The molecule has 2 aliphatic heterocycles. The lowest BCUT2D eigenvalue weighted by atomic mass is 9.95. The van der Waals surface area contributed by atoms with Crippen LogP contribution in [0.1, 0.15) is 56.8 Å². The lowest BCUT2D eigenvalue weighted by Gasteiger charge is -2.31. The number of carbonyl (C=O) groups is 3. The number of rotatable bonds is 5. The van der Waals surface area contributed by atoms with Crippen LogP contribution in [0.25, 0.3) is 0 Å². The van der Waals surface area contributed by atoms with E-state index in [0.717, 1.165) is 19.4 Å². The summed E-state index contributed by atoms with van der Waals surface area (Å²) >= 11 is 0. The molecule has 1 aromatic rings. The SMILES string of the molecule is CC(C)(C)C(=O)Nc1ccc(C(=O)N2CCC(C(=O)NCC3CCCO3)CC2)cc1. The minimum absolute atomic E-state index is 0.0399. The highest BCUT2D eigenvalue weighted by Crippen LogP contribution is 2.21. The van der Waals surface area contributed by atoms with E-state index in [-0.39, 0.29) is 29.7 Å². The second-order valence-electron chi connectivity index (χ2n) is 9.23. The highest BCUT2D eigenvalue weighted by Gasteiger charge is 2.28. The Morgan fingerprint density at radius 3 is 2.30 bits per heavy atom. The molecule has 0 spiro atoms. The summed E-state index contributed by atoms with van der Waals surface area (Å²) in [6, 6.07) is 6.98. The lowest BCUT2D eigenvalue weighted by molar-refractivity contribution is -0.126. The van der Waals surface area contributed by atoms with Gasteiger partial charge in [0.05, 0.1) is 6.10 Å². The average molecular weight is 416 g/mol. The molecule has 0 bridgehead atoms. The summed E-state index contributed by atoms with van der Waals surface area (Å²) in [6.07, 6.45) is 3.55. The number of nitrogens with zero attached hydrogens (tertiary/aromatic N) is 1. The van der Waals surface area contributed by atoms with Crippen LogP contribution in [-0.4, -0.2) is 55.0 Å². The fourth-order valence-electron chi connectivity index (χ4n) is 3.71. The van der Waals surface area contributed by atoms with E-state index >= 15 is 0 Å². The number of ether oxygens (including phenoxy) is 1. The molecule has 2 saturated heterocycles. The molecule has 1 atom stereocenters. The summed E-state index contributed by atoms with van der Waals surface area (Å²) in [5.41, 5.74) is 0.785. The maximum absolute atomic E-state index is 12.8. The van der Waals surface area contributed by atoms with Crippen molar-refractivity contribution in [3.05, 3.63) is 29.8 Å². The van der Waals surface area contributed by atoms with Crippen LogP contribution in [0.5, 0.6) is 0 Å². The summed E-state index contributed by atoms with van der Waals surface area (Å²) < 4.78 is 5.54. The molecule has 3 amide bonds. The molecule has 164 valence electrons. The van der Waals surface area contributed by atoms with Crippen LogP contribution in [0.2, 0.25) is 0 Å². The third kappa shape index (κ3) is 5.81. The van der Waals surface area contributed by atoms with E-state index in [2.05, 4.69) is 10.6 Å². The molecule has 2 heterocycles. The van der Waals surface area contributed by atoms with Gasteiger partial charge in [0, 0.05) is 48.8 Å². The predicted octanol–water partition coefficient (Wildman–Crippen LogP) is 2.82. The molecule has 7 nitrogen and oxygen atoms in total. The first-order valence-corrected chi connectivity index (χ1v) is 10.8. The molecular weight excluding hydrogens is 382 g/mol. The van der Waals surface area contributed by atoms with Crippen molar-refractivity contribution in [3.8, 4) is 0 Å². The Morgan fingerprint density at radius 2 is 1.73 bits per heavy atom. The maximum atomic E-state index is 12.8.